The first-order valence-electron chi connectivity index (χ1n) is 4.26. The van der Waals surface area contributed by atoms with Gasteiger partial charge >= 0.3 is 0 Å². The highest BCUT2D eigenvalue weighted by Crippen LogP contribution is 2.30. The van der Waals surface area contributed by atoms with Gasteiger partial charge in [0.25, 0.3) is 0 Å². The van der Waals surface area contributed by atoms with E-state index in [1.54, 1.807) is 11.3 Å². The van der Waals surface area contributed by atoms with Crippen molar-refractivity contribution in [2.24, 2.45) is 0 Å². The highest BCUT2D eigenvalue weighted by atomic mass is 79.9. The SMILES string of the molecule is Cc1cc2cc(CC#N)c(Br)cc2s1. The number of hydrogen-bond acceptors (Lipinski definition) is 2. The van der Waals surface area contributed by atoms with E-state index in [2.05, 4.69) is 47.1 Å². The number of aryl methyl sites for hydroxylation is 1. The minimum absolute atomic E-state index is 0.464. The van der Waals surface area contributed by atoms with Crippen molar-refractivity contribution >= 4 is 37.4 Å². The smallest absolute Gasteiger partial charge is 0.0670 e. The van der Waals surface area contributed by atoms with Crippen molar-refractivity contribution in [1.29, 1.82) is 5.26 Å². The van der Waals surface area contributed by atoms with Crippen molar-refractivity contribution in [2.75, 3.05) is 0 Å². The van der Waals surface area contributed by atoms with Gasteiger partial charge in [0.05, 0.1) is 12.5 Å². The van der Waals surface area contributed by atoms with Crippen molar-refractivity contribution in [3.63, 3.8) is 0 Å². The molecule has 0 spiro atoms. The molecule has 2 rings (SSSR count). The van der Waals surface area contributed by atoms with Crippen LogP contribution in [0.5, 0.6) is 0 Å². The van der Waals surface area contributed by atoms with E-state index in [4.69, 9.17) is 5.26 Å². The predicted molar refractivity (Wildman–Crippen MR) is 63.6 cm³/mol. The molecular formula is C11H8BrNS. The van der Waals surface area contributed by atoms with Crippen molar-refractivity contribution in [3.05, 3.63) is 33.1 Å². The molecule has 1 nitrogen and oxygen atoms in total. The highest BCUT2D eigenvalue weighted by Gasteiger charge is 2.04. The second-order valence-electron chi connectivity index (χ2n) is 3.17. The lowest BCUT2D eigenvalue weighted by Gasteiger charge is -1.99. The Morgan fingerprint density at radius 1 is 1.43 bits per heavy atom. The zero-order valence-electron chi connectivity index (χ0n) is 7.67. The molecule has 0 N–H and O–H groups in total. The van der Waals surface area contributed by atoms with Crippen molar-refractivity contribution in [2.45, 2.75) is 13.3 Å². The van der Waals surface area contributed by atoms with E-state index < -0.39 is 0 Å². The Morgan fingerprint density at radius 2 is 2.21 bits per heavy atom. The molecule has 70 valence electrons. The summed E-state index contributed by atoms with van der Waals surface area (Å²) < 4.78 is 2.31. The Kier molecular flexibility index (Phi) is 2.58. The number of benzene rings is 1. The van der Waals surface area contributed by atoms with Crippen LogP contribution in [0.2, 0.25) is 0 Å². The van der Waals surface area contributed by atoms with Gasteiger partial charge < -0.3 is 0 Å². The molecule has 0 aliphatic carbocycles. The van der Waals surface area contributed by atoms with Crippen LogP contribution in [0.15, 0.2) is 22.7 Å². The average molecular weight is 266 g/mol. The Bertz CT molecular complexity index is 522. The minimum atomic E-state index is 0.464. The Morgan fingerprint density at radius 3 is 2.93 bits per heavy atom. The molecule has 0 aliphatic rings. The van der Waals surface area contributed by atoms with Crippen LogP contribution < -0.4 is 0 Å². The standard InChI is InChI=1S/C11H8BrNS/c1-7-4-9-5-8(2-3-13)10(12)6-11(9)14-7/h4-6H,2H2,1H3. The van der Waals surface area contributed by atoms with Gasteiger partial charge in [-0.2, -0.15) is 5.26 Å². The summed E-state index contributed by atoms with van der Waals surface area (Å²) in [5, 5.41) is 9.89. The molecule has 0 radical (unpaired) electrons. The monoisotopic (exact) mass is 265 g/mol. The van der Waals surface area contributed by atoms with Gasteiger partial charge in [-0.3, -0.25) is 0 Å². The van der Waals surface area contributed by atoms with Crippen molar-refractivity contribution < 1.29 is 0 Å². The molecule has 0 bridgehead atoms. The Balaban J connectivity index is 2.65. The lowest BCUT2D eigenvalue weighted by Crippen LogP contribution is -1.82. The third kappa shape index (κ3) is 1.68. The molecule has 3 heteroatoms. The number of fused-ring (bicyclic) bond motifs is 1. The number of rotatable bonds is 1. The van der Waals surface area contributed by atoms with Crippen LogP contribution in [0.1, 0.15) is 10.4 Å². The summed E-state index contributed by atoms with van der Waals surface area (Å²) in [7, 11) is 0. The number of nitriles is 1. The molecule has 0 unspecified atom stereocenters. The Hall–Kier alpha value is -0.850. The van der Waals surface area contributed by atoms with Gasteiger partial charge in [0.2, 0.25) is 0 Å². The minimum Gasteiger partial charge on any atom is -0.198 e. The summed E-state index contributed by atoms with van der Waals surface area (Å²) in [6.07, 6.45) is 0.464. The highest BCUT2D eigenvalue weighted by molar-refractivity contribution is 9.10. The molecule has 0 amide bonds. The fourth-order valence-corrected chi connectivity index (χ4v) is 3.04. The normalized spacial score (nSPS) is 10.4. The summed E-state index contributed by atoms with van der Waals surface area (Å²) in [6.45, 7) is 2.10. The van der Waals surface area contributed by atoms with Gasteiger partial charge in [-0.05, 0) is 36.1 Å². The van der Waals surface area contributed by atoms with E-state index >= 15 is 0 Å². The first-order chi connectivity index (χ1) is 6.70. The van der Waals surface area contributed by atoms with E-state index in [1.165, 1.54) is 15.0 Å². The first kappa shape index (κ1) is 9.70. The molecular weight excluding hydrogens is 258 g/mol. The van der Waals surface area contributed by atoms with Crippen LogP contribution in [-0.4, -0.2) is 0 Å². The molecule has 1 aromatic heterocycles. The summed E-state index contributed by atoms with van der Waals surface area (Å²) in [4.78, 5) is 1.31. The molecule has 0 saturated heterocycles. The average Bonchev–Trinajstić information content (AvgIpc) is 2.45. The zero-order chi connectivity index (χ0) is 10.1. The van der Waals surface area contributed by atoms with E-state index in [-0.39, 0.29) is 0 Å². The van der Waals surface area contributed by atoms with Gasteiger partial charge in [0.1, 0.15) is 0 Å². The van der Waals surface area contributed by atoms with E-state index in [0.717, 1.165) is 10.0 Å². The first-order valence-corrected chi connectivity index (χ1v) is 5.87. The fourth-order valence-electron chi connectivity index (χ4n) is 1.46. The summed E-state index contributed by atoms with van der Waals surface area (Å²) >= 11 is 5.26. The predicted octanol–water partition coefficient (Wildman–Crippen LogP) is 4.04. The molecule has 1 heterocycles. The Labute approximate surface area is 95.1 Å². The van der Waals surface area contributed by atoms with Crippen LogP contribution >= 0.6 is 27.3 Å². The lowest BCUT2D eigenvalue weighted by atomic mass is 10.1. The van der Waals surface area contributed by atoms with E-state index in [1.807, 2.05) is 0 Å². The van der Waals surface area contributed by atoms with Gasteiger partial charge in [0, 0.05) is 14.0 Å². The maximum Gasteiger partial charge on any atom is 0.0670 e. The summed E-state index contributed by atoms with van der Waals surface area (Å²) in [5.41, 5.74) is 1.07. The molecule has 0 saturated carbocycles. The van der Waals surface area contributed by atoms with E-state index in [9.17, 15) is 0 Å². The van der Waals surface area contributed by atoms with Gasteiger partial charge in [-0.25, -0.2) is 0 Å². The van der Waals surface area contributed by atoms with Crippen molar-refractivity contribution in [1.82, 2.24) is 0 Å². The number of nitrogens with zero attached hydrogens (tertiary/aromatic N) is 1. The van der Waals surface area contributed by atoms with Crippen LogP contribution in [0, 0.1) is 18.3 Å². The maximum atomic E-state index is 8.65. The van der Waals surface area contributed by atoms with Gasteiger partial charge in [-0.1, -0.05) is 15.9 Å². The third-order valence-corrected chi connectivity index (χ3v) is 3.83. The molecule has 2 aromatic rings. The van der Waals surface area contributed by atoms with Crippen LogP contribution in [0.3, 0.4) is 0 Å². The second kappa shape index (κ2) is 3.72. The summed E-state index contributed by atoms with van der Waals surface area (Å²) in [6, 6.07) is 8.52. The van der Waals surface area contributed by atoms with Gasteiger partial charge in [0.15, 0.2) is 0 Å². The van der Waals surface area contributed by atoms with Crippen LogP contribution in [0.25, 0.3) is 10.1 Å². The molecule has 0 atom stereocenters. The quantitative estimate of drug-likeness (QED) is 0.764. The molecule has 1 aromatic carbocycles. The number of hydrogen-bond donors (Lipinski definition) is 0. The fraction of sp³-hybridized carbons (Fsp3) is 0.182. The number of halogens is 1. The molecule has 14 heavy (non-hydrogen) atoms. The third-order valence-electron chi connectivity index (χ3n) is 2.08. The second-order valence-corrected chi connectivity index (χ2v) is 5.32. The van der Waals surface area contributed by atoms with Crippen molar-refractivity contribution in [3.8, 4) is 6.07 Å². The van der Waals surface area contributed by atoms with Crippen LogP contribution in [-0.2, 0) is 6.42 Å². The number of thiophene rings is 1. The topological polar surface area (TPSA) is 23.8 Å². The van der Waals surface area contributed by atoms with Gasteiger partial charge in [-0.15, -0.1) is 11.3 Å². The molecule has 0 fully saturated rings. The van der Waals surface area contributed by atoms with E-state index in [0.29, 0.717) is 6.42 Å². The van der Waals surface area contributed by atoms with Crippen LogP contribution in [0.4, 0.5) is 0 Å². The largest absolute Gasteiger partial charge is 0.198 e. The molecule has 0 aliphatic heterocycles. The summed E-state index contributed by atoms with van der Waals surface area (Å²) in [5.74, 6) is 0. The lowest BCUT2D eigenvalue weighted by molar-refractivity contribution is 1.26. The maximum absolute atomic E-state index is 8.65. The zero-order valence-corrected chi connectivity index (χ0v) is 10.1.